The molecule has 1 aliphatic carbocycles. The van der Waals surface area contributed by atoms with Gasteiger partial charge in [0, 0.05) is 29.2 Å². The molecule has 0 amide bonds. The zero-order chi connectivity index (χ0) is 34.5. The van der Waals surface area contributed by atoms with E-state index in [0.29, 0.717) is 0 Å². The Bertz CT molecular complexity index is 2660. The number of fused-ring (bicyclic) bond motifs is 4. The largest absolute Gasteiger partial charge is 0.292 e. The highest BCUT2D eigenvalue weighted by molar-refractivity contribution is 6.01. The molecular weight excluding hydrogens is 631 g/mol. The maximum Gasteiger partial charge on any atom is 0.145 e. The van der Waals surface area contributed by atoms with Crippen molar-refractivity contribution < 1.29 is 0 Å². The predicted molar refractivity (Wildman–Crippen MR) is 212 cm³/mol. The van der Waals surface area contributed by atoms with Crippen LogP contribution < -0.4 is 0 Å². The lowest BCUT2D eigenvalue weighted by atomic mass is 9.67. The van der Waals surface area contributed by atoms with Crippen molar-refractivity contribution >= 4 is 11.0 Å². The summed E-state index contributed by atoms with van der Waals surface area (Å²) >= 11 is 0. The van der Waals surface area contributed by atoms with Gasteiger partial charge < -0.3 is 0 Å². The summed E-state index contributed by atoms with van der Waals surface area (Å²) in [6, 6.07) is 67.6. The van der Waals surface area contributed by atoms with Gasteiger partial charge in [0.2, 0.25) is 0 Å². The van der Waals surface area contributed by atoms with E-state index in [1.165, 1.54) is 44.5 Å². The predicted octanol–water partition coefficient (Wildman–Crippen LogP) is 11.8. The number of benzene rings is 7. The summed E-state index contributed by atoms with van der Waals surface area (Å²) < 4.78 is 2.27. The van der Waals surface area contributed by atoms with Gasteiger partial charge in [-0.2, -0.15) is 0 Å². The van der Waals surface area contributed by atoms with Crippen LogP contribution in [0.25, 0.3) is 61.5 Å². The van der Waals surface area contributed by atoms with Gasteiger partial charge in [-0.1, -0.05) is 158 Å². The number of para-hydroxylation sites is 2. The first-order valence-corrected chi connectivity index (χ1v) is 17.7. The van der Waals surface area contributed by atoms with Crippen LogP contribution in [0, 0.1) is 0 Å². The SMILES string of the molecule is c1ccc(-c2nc3ccccc3n2-c2ccc(-c3ccc4c(c3-c3cccnc3)-c3ccccc3C4(c3ccccc3)c3ccccc3)cc2)cc1. The molecule has 0 unspecified atom stereocenters. The van der Waals surface area contributed by atoms with E-state index in [-0.39, 0.29) is 0 Å². The third-order valence-electron chi connectivity index (χ3n) is 10.6. The lowest BCUT2D eigenvalue weighted by molar-refractivity contribution is 0.768. The summed E-state index contributed by atoms with van der Waals surface area (Å²) in [5, 5.41) is 0. The van der Waals surface area contributed by atoms with E-state index >= 15 is 0 Å². The monoisotopic (exact) mass is 663 g/mol. The molecule has 52 heavy (non-hydrogen) atoms. The van der Waals surface area contributed by atoms with Crippen molar-refractivity contribution in [2.24, 2.45) is 0 Å². The molecule has 0 atom stereocenters. The standard InChI is InChI=1S/C49H33N3/c1-4-15-35(16-5-1)48-51-44-24-12-13-25-45(44)52(48)39-28-26-34(27-29-39)40-30-31-43-47(46(40)36-17-14-32-50-33-36)41-22-10-11-23-42(41)49(43,37-18-6-2-7-19-37)38-20-8-3-9-21-38/h1-33H. The molecule has 244 valence electrons. The molecule has 3 nitrogen and oxygen atoms in total. The van der Waals surface area contributed by atoms with Crippen LogP contribution in [-0.2, 0) is 5.41 Å². The Hall–Kier alpha value is -6.84. The molecule has 2 heterocycles. The molecule has 0 N–H and O–H groups in total. The van der Waals surface area contributed by atoms with E-state index in [1.807, 2.05) is 30.6 Å². The number of imidazole rings is 1. The van der Waals surface area contributed by atoms with Crippen molar-refractivity contribution in [2.75, 3.05) is 0 Å². The van der Waals surface area contributed by atoms with Crippen molar-refractivity contribution in [2.45, 2.75) is 5.41 Å². The maximum atomic E-state index is 5.07. The van der Waals surface area contributed by atoms with Gasteiger partial charge >= 0.3 is 0 Å². The van der Waals surface area contributed by atoms with Crippen LogP contribution in [0.3, 0.4) is 0 Å². The van der Waals surface area contributed by atoms with Crippen molar-refractivity contribution in [1.29, 1.82) is 0 Å². The second-order valence-corrected chi connectivity index (χ2v) is 13.4. The molecule has 0 saturated heterocycles. The van der Waals surface area contributed by atoms with E-state index in [4.69, 9.17) is 4.98 Å². The third kappa shape index (κ3) is 4.53. The summed E-state index contributed by atoms with van der Waals surface area (Å²) in [5.41, 5.74) is 15.9. The van der Waals surface area contributed by atoms with Crippen LogP contribution in [-0.4, -0.2) is 14.5 Å². The van der Waals surface area contributed by atoms with Gasteiger partial charge in [0.25, 0.3) is 0 Å². The molecule has 0 saturated carbocycles. The summed E-state index contributed by atoms with van der Waals surface area (Å²) in [4.78, 5) is 9.71. The first-order valence-electron chi connectivity index (χ1n) is 17.7. The fourth-order valence-electron chi connectivity index (χ4n) is 8.44. The lowest BCUT2D eigenvalue weighted by Gasteiger charge is -2.34. The summed E-state index contributed by atoms with van der Waals surface area (Å²) in [6.45, 7) is 0. The molecular formula is C49H33N3. The van der Waals surface area contributed by atoms with Crippen molar-refractivity contribution in [3.05, 3.63) is 223 Å². The highest BCUT2D eigenvalue weighted by Crippen LogP contribution is 2.59. The first-order chi connectivity index (χ1) is 25.8. The Morgan fingerprint density at radius 2 is 1.06 bits per heavy atom. The van der Waals surface area contributed by atoms with E-state index in [2.05, 4.69) is 179 Å². The van der Waals surface area contributed by atoms with E-state index in [9.17, 15) is 0 Å². The number of hydrogen-bond donors (Lipinski definition) is 0. The van der Waals surface area contributed by atoms with Crippen LogP contribution in [0.5, 0.6) is 0 Å². The van der Waals surface area contributed by atoms with Gasteiger partial charge in [-0.3, -0.25) is 9.55 Å². The average Bonchev–Trinajstić information content (AvgIpc) is 3.77. The molecule has 0 radical (unpaired) electrons. The van der Waals surface area contributed by atoms with E-state index < -0.39 is 5.41 Å². The van der Waals surface area contributed by atoms with Gasteiger partial charge in [0.15, 0.2) is 0 Å². The van der Waals surface area contributed by atoms with Gasteiger partial charge in [0.1, 0.15) is 5.82 Å². The highest BCUT2D eigenvalue weighted by atomic mass is 15.1. The molecule has 1 aliphatic rings. The summed E-state index contributed by atoms with van der Waals surface area (Å²) in [6.07, 6.45) is 3.86. The zero-order valence-corrected chi connectivity index (χ0v) is 28.4. The molecule has 2 aromatic heterocycles. The van der Waals surface area contributed by atoms with E-state index in [1.54, 1.807) is 0 Å². The Balaban J connectivity index is 1.22. The van der Waals surface area contributed by atoms with Gasteiger partial charge in [-0.05, 0) is 80.4 Å². The van der Waals surface area contributed by atoms with Gasteiger partial charge in [-0.25, -0.2) is 4.98 Å². The first kappa shape index (κ1) is 30.0. The van der Waals surface area contributed by atoms with Gasteiger partial charge in [-0.15, -0.1) is 0 Å². The van der Waals surface area contributed by atoms with Crippen molar-refractivity contribution in [3.63, 3.8) is 0 Å². The quantitative estimate of drug-likeness (QED) is 0.177. The zero-order valence-electron chi connectivity index (χ0n) is 28.4. The van der Waals surface area contributed by atoms with Crippen molar-refractivity contribution in [1.82, 2.24) is 14.5 Å². The Morgan fingerprint density at radius 3 is 1.77 bits per heavy atom. The number of rotatable bonds is 6. The molecule has 9 aromatic rings. The molecule has 7 aromatic carbocycles. The van der Waals surface area contributed by atoms with E-state index in [0.717, 1.165) is 39.2 Å². The topological polar surface area (TPSA) is 30.7 Å². The Morgan fingerprint density at radius 1 is 0.423 bits per heavy atom. The summed E-state index contributed by atoms with van der Waals surface area (Å²) in [7, 11) is 0. The fourth-order valence-corrected chi connectivity index (χ4v) is 8.44. The number of pyridine rings is 1. The van der Waals surface area contributed by atoms with Crippen LogP contribution in [0.1, 0.15) is 22.3 Å². The minimum absolute atomic E-state index is 0.482. The molecule has 0 spiro atoms. The molecule has 0 bridgehead atoms. The second-order valence-electron chi connectivity index (χ2n) is 13.4. The highest BCUT2D eigenvalue weighted by Gasteiger charge is 2.47. The van der Waals surface area contributed by atoms with Crippen LogP contribution in [0.2, 0.25) is 0 Å². The average molecular weight is 664 g/mol. The molecule has 0 aliphatic heterocycles. The molecule has 3 heteroatoms. The Labute approximate surface area is 303 Å². The fraction of sp³-hybridized carbons (Fsp3) is 0.0204. The Kier molecular flexibility index (Phi) is 7.04. The number of hydrogen-bond acceptors (Lipinski definition) is 2. The third-order valence-corrected chi connectivity index (χ3v) is 10.6. The maximum absolute atomic E-state index is 5.07. The molecule has 0 fully saturated rings. The van der Waals surface area contributed by atoms with Crippen LogP contribution in [0.4, 0.5) is 0 Å². The minimum atomic E-state index is -0.482. The van der Waals surface area contributed by atoms with Crippen molar-refractivity contribution in [3.8, 4) is 50.5 Å². The number of nitrogens with zero attached hydrogens (tertiary/aromatic N) is 3. The lowest BCUT2D eigenvalue weighted by Crippen LogP contribution is -2.28. The number of aromatic nitrogens is 3. The normalized spacial score (nSPS) is 12.8. The molecule has 10 rings (SSSR count). The minimum Gasteiger partial charge on any atom is -0.292 e. The van der Waals surface area contributed by atoms with Gasteiger partial charge in [0.05, 0.1) is 16.4 Å². The summed E-state index contributed by atoms with van der Waals surface area (Å²) in [5.74, 6) is 0.929. The second kappa shape index (κ2) is 12.2. The smallest absolute Gasteiger partial charge is 0.145 e. The van der Waals surface area contributed by atoms with Crippen LogP contribution in [0.15, 0.2) is 200 Å². The van der Waals surface area contributed by atoms with Crippen LogP contribution >= 0.6 is 0 Å².